The van der Waals surface area contributed by atoms with E-state index in [9.17, 15) is 0 Å². The Morgan fingerprint density at radius 3 is 1.12 bits per heavy atom. The topological polar surface area (TPSA) is 52.0 Å². The van der Waals surface area contributed by atoms with Crippen LogP contribution in [0.2, 0.25) is 0 Å². The molecular formula is C3H10Cl2N2Pt. The number of nitrogens with two attached hydrogens (primary N) is 2. The second-order valence-electron chi connectivity index (χ2n) is 0.931. The molecule has 0 bridgehead atoms. The van der Waals surface area contributed by atoms with Crippen molar-refractivity contribution in [3.63, 3.8) is 0 Å². The molecule has 0 radical (unpaired) electrons. The van der Waals surface area contributed by atoms with E-state index < -0.39 is 0 Å². The first-order valence-electron chi connectivity index (χ1n) is 1.82. The Labute approximate surface area is 76.8 Å². The Morgan fingerprint density at radius 2 is 1.12 bits per heavy atom. The Balaban J connectivity index is -0.0000000267. The van der Waals surface area contributed by atoms with Crippen molar-refractivity contribution in [1.29, 1.82) is 0 Å². The van der Waals surface area contributed by atoms with Crippen molar-refractivity contribution in [1.82, 2.24) is 0 Å². The summed E-state index contributed by atoms with van der Waals surface area (Å²) in [6.07, 6.45) is 0.944. The van der Waals surface area contributed by atoms with E-state index in [0.717, 1.165) is 19.5 Å². The summed E-state index contributed by atoms with van der Waals surface area (Å²) in [6, 6.07) is 0. The molecular weight excluding hydrogens is 330 g/mol. The summed E-state index contributed by atoms with van der Waals surface area (Å²) in [6.45, 7) is 1.44. The minimum Gasteiger partial charge on any atom is -1.00 e. The third-order valence-corrected chi connectivity index (χ3v) is 0.408. The smallest absolute Gasteiger partial charge is 1.00 e. The molecule has 56 valence electrons. The first kappa shape index (κ1) is 22.9. The SMILES string of the molecule is NCCCN.[Cl-].[Cl-].[Pt+2]. The van der Waals surface area contributed by atoms with Crippen LogP contribution in [-0.2, 0) is 21.1 Å². The van der Waals surface area contributed by atoms with Gasteiger partial charge < -0.3 is 36.3 Å². The van der Waals surface area contributed by atoms with Gasteiger partial charge in [-0.2, -0.15) is 0 Å². The van der Waals surface area contributed by atoms with Crippen LogP contribution in [0.15, 0.2) is 0 Å². The minimum atomic E-state index is 0. The maximum atomic E-state index is 5.06. The molecule has 0 atom stereocenters. The van der Waals surface area contributed by atoms with E-state index in [2.05, 4.69) is 0 Å². The van der Waals surface area contributed by atoms with Gasteiger partial charge in [0.1, 0.15) is 0 Å². The first-order chi connectivity index (χ1) is 2.41. The normalized spacial score (nSPS) is 5.25. The fourth-order valence-electron chi connectivity index (χ4n) is 0.118. The van der Waals surface area contributed by atoms with Crippen LogP contribution in [-0.4, -0.2) is 13.1 Å². The molecule has 0 saturated carbocycles. The largest absolute Gasteiger partial charge is 2.00 e. The van der Waals surface area contributed by atoms with Gasteiger partial charge in [0.05, 0.1) is 0 Å². The van der Waals surface area contributed by atoms with Gasteiger partial charge in [-0.3, -0.25) is 0 Å². The van der Waals surface area contributed by atoms with Crippen molar-refractivity contribution < 1.29 is 45.9 Å². The van der Waals surface area contributed by atoms with Crippen LogP contribution in [0.5, 0.6) is 0 Å². The summed E-state index contributed by atoms with van der Waals surface area (Å²) in [5.41, 5.74) is 10.1. The molecule has 0 spiro atoms. The molecule has 0 aliphatic carbocycles. The quantitative estimate of drug-likeness (QED) is 0.525. The molecule has 5 heteroatoms. The van der Waals surface area contributed by atoms with Gasteiger partial charge in [-0.25, -0.2) is 0 Å². The number of halogens is 2. The molecule has 0 unspecified atom stereocenters. The van der Waals surface area contributed by atoms with Crippen LogP contribution < -0.4 is 36.3 Å². The van der Waals surface area contributed by atoms with E-state index in [4.69, 9.17) is 11.5 Å². The summed E-state index contributed by atoms with van der Waals surface area (Å²) >= 11 is 0. The van der Waals surface area contributed by atoms with Crippen LogP contribution in [0.4, 0.5) is 0 Å². The second kappa shape index (κ2) is 24.1. The molecule has 0 amide bonds. The molecule has 0 rings (SSSR count). The van der Waals surface area contributed by atoms with Crippen molar-refractivity contribution in [2.75, 3.05) is 13.1 Å². The Kier molecular flexibility index (Phi) is 69.0. The van der Waals surface area contributed by atoms with Gasteiger partial charge in [0.2, 0.25) is 0 Å². The first-order valence-corrected chi connectivity index (χ1v) is 1.82. The predicted octanol–water partition coefficient (Wildman–Crippen LogP) is -6.70. The third-order valence-electron chi connectivity index (χ3n) is 0.408. The molecule has 0 fully saturated rings. The second-order valence-corrected chi connectivity index (χ2v) is 0.931. The third kappa shape index (κ3) is 27.1. The van der Waals surface area contributed by atoms with E-state index in [1.165, 1.54) is 0 Å². The molecule has 0 aromatic carbocycles. The van der Waals surface area contributed by atoms with Crippen molar-refractivity contribution in [3.8, 4) is 0 Å². The summed E-state index contributed by atoms with van der Waals surface area (Å²) in [5.74, 6) is 0. The van der Waals surface area contributed by atoms with E-state index in [1.807, 2.05) is 0 Å². The average molecular weight is 340 g/mol. The molecule has 0 heterocycles. The predicted molar refractivity (Wildman–Crippen MR) is 22.7 cm³/mol. The zero-order chi connectivity index (χ0) is 4.12. The van der Waals surface area contributed by atoms with Crippen molar-refractivity contribution >= 4 is 0 Å². The Morgan fingerprint density at radius 1 is 0.875 bits per heavy atom. The van der Waals surface area contributed by atoms with Gasteiger partial charge in [0.25, 0.3) is 0 Å². The van der Waals surface area contributed by atoms with Gasteiger partial charge in [-0.15, -0.1) is 0 Å². The zero-order valence-corrected chi connectivity index (χ0v) is 8.13. The van der Waals surface area contributed by atoms with Crippen LogP contribution in [0.3, 0.4) is 0 Å². The molecule has 0 aromatic rings. The fourth-order valence-corrected chi connectivity index (χ4v) is 0.118. The summed E-state index contributed by atoms with van der Waals surface area (Å²) < 4.78 is 0. The standard InChI is InChI=1S/C3H10N2.2ClH.Pt/c4-2-1-3-5;;;/h1-5H2;2*1H;/q;;;+2/p-2. The average Bonchev–Trinajstić information content (AvgIpc) is 1.41. The maximum absolute atomic E-state index is 5.06. The van der Waals surface area contributed by atoms with Crippen molar-refractivity contribution in [2.24, 2.45) is 11.5 Å². The number of hydrogen-bond donors (Lipinski definition) is 2. The fraction of sp³-hybridized carbons (Fsp3) is 1.00. The van der Waals surface area contributed by atoms with E-state index in [0.29, 0.717) is 0 Å². The van der Waals surface area contributed by atoms with Gasteiger partial charge in [0.15, 0.2) is 0 Å². The number of rotatable bonds is 2. The van der Waals surface area contributed by atoms with Gasteiger partial charge in [0, 0.05) is 0 Å². The molecule has 0 aliphatic rings. The van der Waals surface area contributed by atoms with Crippen LogP contribution in [0, 0.1) is 0 Å². The summed E-state index contributed by atoms with van der Waals surface area (Å²) in [5, 5.41) is 0. The van der Waals surface area contributed by atoms with Crippen molar-refractivity contribution in [3.05, 3.63) is 0 Å². The summed E-state index contributed by atoms with van der Waals surface area (Å²) in [4.78, 5) is 0. The van der Waals surface area contributed by atoms with E-state index in [-0.39, 0.29) is 45.9 Å². The van der Waals surface area contributed by atoms with Crippen LogP contribution in [0.1, 0.15) is 6.42 Å². The van der Waals surface area contributed by atoms with Crippen LogP contribution in [0.25, 0.3) is 0 Å². The van der Waals surface area contributed by atoms with E-state index >= 15 is 0 Å². The Hall–Kier alpha value is 1.19. The summed E-state index contributed by atoms with van der Waals surface area (Å²) in [7, 11) is 0. The van der Waals surface area contributed by atoms with Gasteiger partial charge in [-0.1, -0.05) is 0 Å². The maximum Gasteiger partial charge on any atom is 2.00 e. The molecule has 8 heavy (non-hydrogen) atoms. The molecule has 2 nitrogen and oxygen atoms in total. The van der Waals surface area contributed by atoms with Crippen LogP contribution >= 0.6 is 0 Å². The van der Waals surface area contributed by atoms with Gasteiger partial charge >= 0.3 is 21.1 Å². The van der Waals surface area contributed by atoms with Gasteiger partial charge in [-0.05, 0) is 19.5 Å². The Bertz CT molecular complexity index is 22.8. The molecule has 0 aliphatic heterocycles. The molecule has 0 aromatic heterocycles. The molecule has 4 N–H and O–H groups in total. The number of hydrogen-bond acceptors (Lipinski definition) is 2. The zero-order valence-electron chi connectivity index (χ0n) is 4.35. The minimum absolute atomic E-state index is 0. The van der Waals surface area contributed by atoms with E-state index in [1.54, 1.807) is 0 Å². The molecule has 0 saturated heterocycles. The van der Waals surface area contributed by atoms with Crippen molar-refractivity contribution in [2.45, 2.75) is 6.42 Å². The monoisotopic (exact) mass is 339 g/mol.